The van der Waals surface area contributed by atoms with Crippen molar-refractivity contribution >= 4 is 5.91 Å². The van der Waals surface area contributed by atoms with E-state index in [1.165, 1.54) is 6.07 Å². The molecule has 0 saturated carbocycles. The van der Waals surface area contributed by atoms with E-state index in [0.717, 1.165) is 11.4 Å². The highest BCUT2D eigenvalue weighted by molar-refractivity contribution is 5.94. The highest BCUT2D eigenvalue weighted by atomic mass is 16.3. The summed E-state index contributed by atoms with van der Waals surface area (Å²) in [7, 11) is 3.79. The van der Waals surface area contributed by atoms with Crippen LogP contribution in [0.25, 0.3) is 0 Å². The van der Waals surface area contributed by atoms with E-state index in [4.69, 9.17) is 0 Å². The van der Waals surface area contributed by atoms with Crippen molar-refractivity contribution in [2.45, 2.75) is 32.5 Å². The van der Waals surface area contributed by atoms with Crippen LogP contribution in [-0.4, -0.2) is 62.8 Å². The van der Waals surface area contributed by atoms with E-state index in [2.05, 4.69) is 10.1 Å². The second-order valence-electron chi connectivity index (χ2n) is 6.90. The number of fused-ring (bicyclic) bond motifs is 1. The number of nitrogens with zero attached hydrogens (tertiary/aromatic N) is 4. The molecular weight excluding hydrogens is 334 g/mol. The van der Waals surface area contributed by atoms with Crippen molar-refractivity contribution in [1.82, 2.24) is 24.6 Å². The number of amides is 1. The molecule has 8 heteroatoms. The minimum Gasteiger partial charge on any atom is -0.385 e. The Kier molecular flexibility index (Phi) is 5.24. The Labute approximate surface area is 152 Å². The van der Waals surface area contributed by atoms with Gasteiger partial charge in [0.1, 0.15) is 6.10 Å². The predicted octanol–water partition coefficient (Wildman–Crippen LogP) is 0.385. The number of pyridine rings is 1. The SMILES string of the molecule is CCc1cc(C(=O)N2CCn3nc([C@H](O)CN(C)C)cc3C2)cc(=O)[nH]1. The molecule has 0 spiro atoms. The Morgan fingerprint density at radius 1 is 1.35 bits per heavy atom. The third kappa shape index (κ3) is 3.86. The number of aliphatic hydroxyl groups excluding tert-OH is 1. The van der Waals surface area contributed by atoms with Gasteiger partial charge in [-0.25, -0.2) is 0 Å². The van der Waals surface area contributed by atoms with Crippen LogP contribution in [0.3, 0.4) is 0 Å². The van der Waals surface area contributed by atoms with Crippen LogP contribution in [0.5, 0.6) is 0 Å². The number of hydrogen-bond acceptors (Lipinski definition) is 5. The Morgan fingerprint density at radius 2 is 2.12 bits per heavy atom. The lowest BCUT2D eigenvalue weighted by Crippen LogP contribution is -2.38. The number of hydrogen-bond donors (Lipinski definition) is 2. The first-order valence-corrected chi connectivity index (χ1v) is 8.79. The first-order chi connectivity index (χ1) is 12.4. The second-order valence-corrected chi connectivity index (χ2v) is 6.90. The second kappa shape index (κ2) is 7.43. The fourth-order valence-corrected chi connectivity index (χ4v) is 3.16. The summed E-state index contributed by atoms with van der Waals surface area (Å²) in [5.41, 5.74) is 2.40. The Bertz CT molecular complexity index is 855. The topological polar surface area (TPSA) is 94.5 Å². The van der Waals surface area contributed by atoms with Crippen LogP contribution in [0.1, 0.15) is 40.5 Å². The molecule has 2 aromatic heterocycles. The summed E-state index contributed by atoms with van der Waals surface area (Å²) in [5, 5.41) is 14.7. The number of aliphatic hydroxyl groups is 1. The molecule has 0 aliphatic carbocycles. The molecule has 0 radical (unpaired) electrons. The van der Waals surface area contributed by atoms with E-state index in [1.807, 2.05) is 36.7 Å². The van der Waals surface area contributed by atoms with Gasteiger partial charge in [0.25, 0.3) is 5.91 Å². The monoisotopic (exact) mass is 359 g/mol. The number of likely N-dealkylation sites (N-methyl/N-ethyl adjacent to an activating group) is 1. The Hall–Kier alpha value is -2.45. The Morgan fingerprint density at radius 3 is 2.81 bits per heavy atom. The molecule has 0 aromatic carbocycles. The van der Waals surface area contributed by atoms with E-state index in [-0.39, 0.29) is 11.5 Å². The van der Waals surface area contributed by atoms with Crippen molar-refractivity contribution in [3.05, 3.63) is 51.2 Å². The highest BCUT2D eigenvalue weighted by Gasteiger charge is 2.25. The number of aromatic nitrogens is 3. The number of carbonyl (C=O) groups is 1. The van der Waals surface area contributed by atoms with Crippen LogP contribution < -0.4 is 5.56 Å². The van der Waals surface area contributed by atoms with Crippen molar-refractivity contribution in [3.8, 4) is 0 Å². The third-order valence-electron chi connectivity index (χ3n) is 4.51. The molecule has 8 nitrogen and oxygen atoms in total. The Balaban J connectivity index is 1.78. The van der Waals surface area contributed by atoms with Gasteiger partial charge in [0.2, 0.25) is 5.56 Å². The fraction of sp³-hybridized carbons (Fsp3) is 0.500. The van der Waals surface area contributed by atoms with Crippen molar-refractivity contribution < 1.29 is 9.90 Å². The quantitative estimate of drug-likeness (QED) is 0.805. The minimum atomic E-state index is -0.660. The molecule has 3 rings (SSSR count). The number of aryl methyl sites for hydroxylation is 1. The van der Waals surface area contributed by atoms with E-state index in [1.54, 1.807) is 11.0 Å². The molecule has 1 aliphatic rings. The summed E-state index contributed by atoms with van der Waals surface area (Å²) >= 11 is 0. The zero-order chi connectivity index (χ0) is 18.8. The summed E-state index contributed by atoms with van der Waals surface area (Å²) in [6, 6.07) is 4.93. The number of carbonyl (C=O) groups excluding carboxylic acids is 1. The molecule has 2 N–H and O–H groups in total. The molecule has 2 aromatic rings. The molecule has 0 bridgehead atoms. The smallest absolute Gasteiger partial charge is 0.254 e. The average Bonchev–Trinajstić information content (AvgIpc) is 3.03. The van der Waals surface area contributed by atoms with Crippen molar-refractivity contribution in [2.24, 2.45) is 0 Å². The van der Waals surface area contributed by atoms with Gasteiger partial charge in [0.05, 0.1) is 24.5 Å². The molecule has 26 heavy (non-hydrogen) atoms. The summed E-state index contributed by atoms with van der Waals surface area (Å²) in [4.78, 5) is 30.9. The molecule has 0 unspecified atom stereocenters. The van der Waals surface area contributed by atoms with Crippen molar-refractivity contribution in [3.63, 3.8) is 0 Å². The van der Waals surface area contributed by atoms with Crippen molar-refractivity contribution in [2.75, 3.05) is 27.2 Å². The molecule has 140 valence electrons. The molecule has 1 atom stereocenters. The van der Waals surface area contributed by atoms with Gasteiger partial charge < -0.3 is 19.9 Å². The maximum atomic E-state index is 12.8. The average molecular weight is 359 g/mol. The number of nitrogens with one attached hydrogen (secondary N) is 1. The van der Waals surface area contributed by atoms with Gasteiger partial charge in [-0.05, 0) is 32.6 Å². The third-order valence-corrected chi connectivity index (χ3v) is 4.51. The molecular formula is C18H25N5O3. The number of rotatable bonds is 5. The summed E-state index contributed by atoms with van der Waals surface area (Å²) in [6.45, 7) is 3.92. The van der Waals surface area contributed by atoms with Crippen LogP contribution >= 0.6 is 0 Å². The highest BCUT2D eigenvalue weighted by Crippen LogP contribution is 2.20. The van der Waals surface area contributed by atoms with Gasteiger partial charge in [-0.3, -0.25) is 14.3 Å². The van der Waals surface area contributed by atoms with Gasteiger partial charge >= 0.3 is 0 Å². The zero-order valence-electron chi connectivity index (χ0n) is 15.4. The lowest BCUT2D eigenvalue weighted by Gasteiger charge is -2.27. The minimum absolute atomic E-state index is 0.159. The lowest BCUT2D eigenvalue weighted by molar-refractivity contribution is 0.0705. The van der Waals surface area contributed by atoms with Crippen molar-refractivity contribution in [1.29, 1.82) is 0 Å². The predicted molar refractivity (Wildman–Crippen MR) is 96.9 cm³/mol. The van der Waals surface area contributed by atoms with Gasteiger partial charge in [-0.15, -0.1) is 0 Å². The van der Waals surface area contributed by atoms with Crippen LogP contribution in [0.15, 0.2) is 23.0 Å². The van der Waals surface area contributed by atoms with E-state index < -0.39 is 6.10 Å². The van der Waals surface area contributed by atoms with Crippen LogP contribution in [0.4, 0.5) is 0 Å². The normalized spacial score (nSPS) is 15.2. The first kappa shape index (κ1) is 18.3. The van der Waals surface area contributed by atoms with Crippen LogP contribution in [0.2, 0.25) is 0 Å². The standard InChI is InChI=1S/C18H25N5O3/c1-4-13-7-12(8-17(25)19-13)18(26)22-5-6-23-14(10-22)9-15(20-23)16(24)11-21(2)3/h7-9,16,24H,4-6,10-11H2,1-3H3,(H,19,25)/t16-/m1/s1. The molecule has 1 amide bonds. The summed E-state index contributed by atoms with van der Waals surface area (Å²) in [5.74, 6) is -0.159. The first-order valence-electron chi connectivity index (χ1n) is 8.79. The number of H-pyrrole nitrogens is 1. The van der Waals surface area contributed by atoms with E-state index in [9.17, 15) is 14.7 Å². The van der Waals surface area contributed by atoms with E-state index >= 15 is 0 Å². The summed E-state index contributed by atoms with van der Waals surface area (Å²) in [6.07, 6.45) is 0.00281. The molecule has 1 aliphatic heterocycles. The van der Waals surface area contributed by atoms with Crippen LogP contribution in [0, 0.1) is 0 Å². The number of aromatic amines is 1. The maximum absolute atomic E-state index is 12.8. The van der Waals surface area contributed by atoms with Gasteiger partial charge in [0, 0.05) is 30.4 Å². The fourth-order valence-electron chi connectivity index (χ4n) is 3.16. The van der Waals surface area contributed by atoms with Gasteiger partial charge in [-0.1, -0.05) is 6.92 Å². The lowest BCUT2D eigenvalue weighted by atomic mass is 10.1. The molecule has 0 saturated heterocycles. The van der Waals surface area contributed by atoms with E-state index in [0.29, 0.717) is 43.9 Å². The van der Waals surface area contributed by atoms with Gasteiger partial charge in [-0.2, -0.15) is 5.10 Å². The molecule has 0 fully saturated rings. The zero-order valence-corrected chi connectivity index (χ0v) is 15.4. The summed E-state index contributed by atoms with van der Waals surface area (Å²) < 4.78 is 1.84. The maximum Gasteiger partial charge on any atom is 0.254 e. The molecule has 3 heterocycles. The van der Waals surface area contributed by atoms with Crippen LogP contribution in [-0.2, 0) is 19.5 Å². The largest absolute Gasteiger partial charge is 0.385 e. The van der Waals surface area contributed by atoms with Gasteiger partial charge in [0.15, 0.2) is 0 Å².